The summed E-state index contributed by atoms with van der Waals surface area (Å²) in [6.45, 7) is 1.08. The van der Waals surface area contributed by atoms with Crippen molar-refractivity contribution in [2.75, 3.05) is 7.11 Å². The Kier molecular flexibility index (Phi) is 17.0. The summed E-state index contributed by atoms with van der Waals surface area (Å²) in [4.78, 5) is 9.00. The molecule has 0 atom stereocenters. The van der Waals surface area contributed by atoms with Crippen molar-refractivity contribution in [3.05, 3.63) is 30.3 Å². The van der Waals surface area contributed by atoms with Crippen molar-refractivity contribution in [1.29, 1.82) is 5.41 Å². The first-order valence-electron chi connectivity index (χ1n) is 4.28. The number of guanidine groups is 1. The summed E-state index contributed by atoms with van der Waals surface area (Å²) in [7, 11) is 1.66. The first-order chi connectivity index (χ1) is 7.40. The maximum absolute atomic E-state index is 9.00. The number of benzene rings is 1. The van der Waals surface area contributed by atoms with E-state index in [2.05, 4.69) is 11.5 Å². The number of nitrogens with one attached hydrogen (secondary N) is 1. The van der Waals surface area contributed by atoms with Crippen molar-refractivity contribution in [3.63, 3.8) is 0 Å². The molecule has 0 spiro atoms. The summed E-state index contributed by atoms with van der Waals surface area (Å²) in [6.07, 6.45) is 0. The minimum atomic E-state index is -0.833. The number of hydrogen-bond acceptors (Lipinski definition) is 3. The van der Waals surface area contributed by atoms with Crippen LogP contribution in [0.4, 0.5) is 0 Å². The molecule has 0 fully saturated rings. The molecule has 0 aliphatic rings. The predicted molar refractivity (Wildman–Crippen MR) is 72.8 cm³/mol. The molecule has 6 nitrogen and oxygen atoms in total. The van der Waals surface area contributed by atoms with Crippen LogP contribution in [0.25, 0.3) is 0 Å². The van der Waals surface area contributed by atoms with Gasteiger partial charge in [-0.1, -0.05) is 18.2 Å². The highest BCUT2D eigenvalue weighted by Crippen LogP contribution is 2.05. The smallest absolute Gasteiger partial charge is 0.300 e. The van der Waals surface area contributed by atoms with E-state index in [0.717, 1.165) is 12.7 Å². The number of methoxy groups -OCH3 is 1. The number of carboxylic acid groups (broad SMARTS) is 1. The van der Waals surface area contributed by atoms with E-state index in [1.807, 2.05) is 30.3 Å². The molecule has 0 amide bonds. The Bertz CT molecular complexity index is 287. The van der Waals surface area contributed by atoms with Gasteiger partial charge in [-0.05, 0) is 12.1 Å². The van der Waals surface area contributed by atoms with Gasteiger partial charge in [-0.2, -0.15) is 13.5 Å². The molecule has 7 heteroatoms. The number of carboxylic acids is 1. The van der Waals surface area contributed by atoms with E-state index in [-0.39, 0.29) is 19.5 Å². The number of carbonyl (C=O) groups is 1. The van der Waals surface area contributed by atoms with Gasteiger partial charge in [0.1, 0.15) is 5.75 Å². The molecule has 0 aliphatic carbocycles. The van der Waals surface area contributed by atoms with Crippen LogP contribution >= 0.6 is 13.5 Å². The van der Waals surface area contributed by atoms with Crippen molar-refractivity contribution in [2.24, 2.45) is 11.5 Å². The van der Waals surface area contributed by atoms with Crippen LogP contribution in [0.5, 0.6) is 5.75 Å². The van der Waals surface area contributed by atoms with E-state index in [1.54, 1.807) is 7.11 Å². The van der Waals surface area contributed by atoms with Crippen LogP contribution in [0.1, 0.15) is 6.92 Å². The van der Waals surface area contributed by atoms with Gasteiger partial charge in [0.15, 0.2) is 5.96 Å². The Morgan fingerprint density at radius 1 is 1.29 bits per heavy atom. The third-order valence-corrected chi connectivity index (χ3v) is 0.979. The Morgan fingerprint density at radius 3 is 1.76 bits per heavy atom. The van der Waals surface area contributed by atoms with Gasteiger partial charge in [-0.3, -0.25) is 10.2 Å². The number of nitrogens with two attached hydrogens (primary N) is 2. The molecule has 0 aliphatic heterocycles. The second kappa shape index (κ2) is 14.1. The van der Waals surface area contributed by atoms with Gasteiger partial charge in [0.2, 0.25) is 0 Å². The van der Waals surface area contributed by atoms with Crippen LogP contribution in [0.2, 0.25) is 0 Å². The zero-order valence-corrected chi connectivity index (χ0v) is 10.8. The molecule has 0 radical (unpaired) electrons. The average Bonchev–Trinajstić information content (AvgIpc) is 2.17. The maximum Gasteiger partial charge on any atom is 0.300 e. The average molecular weight is 261 g/mol. The molecule has 0 aromatic heterocycles. The Hall–Kier alpha value is -1.89. The molecule has 0 saturated heterocycles. The summed E-state index contributed by atoms with van der Waals surface area (Å²) in [5.74, 6) is -0.257. The fourth-order valence-electron chi connectivity index (χ4n) is 0.557. The topological polar surface area (TPSA) is 122 Å². The second-order valence-electron chi connectivity index (χ2n) is 2.49. The highest BCUT2D eigenvalue weighted by Gasteiger charge is 1.80. The summed E-state index contributed by atoms with van der Waals surface area (Å²) in [5, 5.41) is 13.5. The van der Waals surface area contributed by atoms with Crippen molar-refractivity contribution in [3.8, 4) is 5.75 Å². The fraction of sp³-hybridized carbons (Fsp3) is 0.200. The summed E-state index contributed by atoms with van der Waals surface area (Å²) < 4.78 is 4.91. The molecule has 0 saturated carbocycles. The lowest BCUT2D eigenvalue weighted by Gasteiger charge is -1.93. The molecular formula is C10H19N3O3S. The van der Waals surface area contributed by atoms with E-state index in [0.29, 0.717) is 0 Å². The zero-order valence-electron chi connectivity index (χ0n) is 9.81. The van der Waals surface area contributed by atoms with E-state index in [9.17, 15) is 0 Å². The Labute approximate surface area is 108 Å². The fourth-order valence-corrected chi connectivity index (χ4v) is 0.557. The molecule has 17 heavy (non-hydrogen) atoms. The van der Waals surface area contributed by atoms with Crippen LogP contribution in [0, 0.1) is 5.41 Å². The lowest BCUT2D eigenvalue weighted by molar-refractivity contribution is -0.134. The van der Waals surface area contributed by atoms with Crippen LogP contribution in [0.3, 0.4) is 0 Å². The Morgan fingerprint density at radius 2 is 1.59 bits per heavy atom. The van der Waals surface area contributed by atoms with Crippen molar-refractivity contribution in [1.82, 2.24) is 0 Å². The standard InChI is InChI=1S/C7H8O.C2H4O2.CH5N3.H2S/c1-8-7-5-3-2-4-6-7;1-2(3)4;2-1(3)4;/h2-6H,1H3;1H3,(H,3,4);(H5,2,3,4);1H2. The molecule has 0 bridgehead atoms. The van der Waals surface area contributed by atoms with Crippen LogP contribution in [0.15, 0.2) is 30.3 Å². The van der Waals surface area contributed by atoms with Crippen LogP contribution < -0.4 is 16.2 Å². The van der Waals surface area contributed by atoms with Gasteiger partial charge in [-0.15, -0.1) is 0 Å². The highest BCUT2D eigenvalue weighted by atomic mass is 32.1. The summed E-state index contributed by atoms with van der Waals surface area (Å²) in [6, 6.07) is 9.68. The van der Waals surface area contributed by atoms with E-state index in [4.69, 9.17) is 20.0 Å². The minimum Gasteiger partial charge on any atom is -0.497 e. The van der Waals surface area contributed by atoms with Crippen molar-refractivity contribution < 1.29 is 14.6 Å². The third kappa shape index (κ3) is 31.5. The van der Waals surface area contributed by atoms with Gasteiger partial charge in [0.05, 0.1) is 7.11 Å². The molecule has 1 aromatic carbocycles. The third-order valence-electron chi connectivity index (χ3n) is 0.979. The minimum absolute atomic E-state index is 0. The van der Waals surface area contributed by atoms with Crippen molar-refractivity contribution >= 4 is 25.4 Å². The van der Waals surface area contributed by atoms with Gasteiger partial charge < -0.3 is 21.3 Å². The largest absolute Gasteiger partial charge is 0.497 e. The molecule has 1 rings (SSSR count). The number of para-hydroxylation sites is 1. The van der Waals surface area contributed by atoms with E-state index in [1.165, 1.54) is 0 Å². The zero-order chi connectivity index (χ0) is 13.0. The number of ether oxygens (including phenoxy) is 1. The molecule has 98 valence electrons. The lowest BCUT2D eigenvalue weighted by atomic mass is 10.3. The van der Waals surface area contributed by atoms with Crippen LogP contribution in [-0.4, -0.2) is 24.1 Å². The lowest BCUT2D eigenvalue weighted by Crippen LogP contribution is -2.20. The second-order valence-corrected chi connectivity index (χ2v) is 2.49. The highest BCUT2D eigenvalue weighted by molar-refractivity contribution is 7.59. The first kappa shape index (κ1) is 20.5. The monoisotopic (exact) mass is 261 g/mol. The number of aliphatic carboxylic acids is 1. The predicted octanol–water partition coefficient (Wildman–Crippen LogP) is 0.737. The van der Waals surface area contributed by atoms with E-state index < -0.39 is 5.97 Å². The van der Waals surface area contributed by atoms with Crippen LogP contribution in [-0.2, 0) is 4.79 Å². The van der Waals surface area contributed by atoms with Gasteiger partial charge in [-0.25, -0.2) is 0 Å². The quantitative estimate of drug-likeness (QED) is 0.438. The first-order valence-corrected chi connectivity index (χ1v) is 4.28. The summed E-state index contributed by atoms with van der Waals surface area (Å²) in [5.41, 5.74) is 8.94. The molecule has 0 heterocycles. The molecule has 6 N–H and O–H groups in total. The number of hydrogen-bond donors (Lipinski definition) is 4. The summed E-state index contributed by atoms with van der Waals surface area (Å²) >= 11 is 0. The van der Waals surface area contributed by atoms with E-state index >= 15 is 0 Å². The molecule has 1 aromatic rings. The van der Waals surface area contributed by atoms with Gasteiger partial charge in [0, 0.05) is 6.92 Å². The Balaban J connectivity index is -0.000000189. The molecular weight excluding hydrogens is 242 g/mol. The molecule has 0 unspecified atom stereocenters. The normalized spacial score (nSPS) is 6.94. The van der Waals surface area contributed by atoms with Crippen molar-refractivity contribution in [2.45, 2.75) is 6.92 Å². The van der Waals surface area contributed by atoms with Gasteiger partial charge >= 0.3 is 0 Å². The SMILES string of the molecule is CC(=O)O.COc1ccccc1.N=C(N)N.S. The maximum atomic E-state index is 9.00. The number of rotatable bonds is 1. The van der Waals surface area contributed by atoms with Gasteiger partial charge in [0.25, 0.3) is 5.97 Å².